The van der Waals surface area contributed by atoms with Gasteiger partial charge in [-0.2, -0.15) is 0 Å². The fourth-order valence-electron chi connectivity index (χ4n) is 1.58. The number of ether oxygens (including phenoxy) is 2. The van der Waals surface area contributed by atoms with Crippen molar-refractivity contribution in [3.8, 4) is 5.75 Å². The third-order valence-electron chi connectivity index (χ3n) is 2.69. The molecule has 0 radical (unpaired) electrons. The van der Waals surface area contributed by atoms with E-state index < -0.39 is 5.97 Å². The number of esters is 1. The van der Waals surface area contributed by atoms with Gasteiger partial charge in [-0.05, 0) is 31.2 Å². The highest BCUT2D eigenvalue weighted by Crippen LogP contribution is 2.14. The summed E-state index contributed by atoms with van der Waals surface area (Å²) in [6.45, 7) is 6.16. The van der Waals surface area contributed by atoms with Crippen LogP contribution in [0.25, 0.3) is 0 Å². The second-order valence-corrected chi connectivity index (χ2v) is 4.02. The molecule has 0 saturated carbocycles. The van der Waals surface area contributed by atoms with E-state index >= 15 is 0 Å². The van der Waals surface area contributed by atoms with Gasteiger partial charge < -0.3 is 14.4 Å². The van der Waals surface area contributed by atoms with Crippen molar-refractivity contribution < 1.29 is 19.1 Å². The SMILES string of the molecule is C=CCOc1ccc(C(=O)N(CC)CC(=O)OC)cc1. The van der Waals surface area contributed by atoms with Crippen molar-refractivity contribution >= 4 is 11.9 Å². The third kappa shape index (κ3) is 4.42. The van der Waals surface area contributed by atoms with Gasteiger partial charge in [0.05, 0.1) is 7.11 Å². The van der Waals surface area contributed by atoms with Crippen LogP contribution in [0.3, 0.4) is 0 Å². The number of hydrogen-bond acceptors (Lipinski definition) is 4. The molecule has 1 rings (SSSR count). The van der Waals surface area contributed by atoms with E-state index in [4.69, 9.17) is 4.74 Å². The maximum absolute atomic E-state index is 12.2. The molecule has 0 fully saturated rings. The number of amides is 1. The van der Waals surface area contributed by atoms with Gasteiger partial charge in [0.15, 0.2) is 0 Å². The summed E-state index contributed by atoms with van der Waals surface area (Å²) in [6, 6.07) is 6.76. The molecule has 5 heteroatoms. The summed E-state index contributed by atoms with van der Waals surface area (Å²) < 4.78 is 9.91. The highest BCUT2D eigenvalue weighted by Gasteiger charge is 2.17. The number of carbonyl (C=O) groups excluding carboxylic acids is 2. The number of nitrogens with zero attached hydrogens (tertiary/aromatic N) is 1. The van der Waals surface area contributed by atoms with Crippen LogP contribution in [0.2, 0.25) is 0 Å². The molecule has 1 aromatic rings. The minimum atomic E-state index is -0.439. The zero-order chi connectivity index (χ0) is 15.0. The van der Waals surface area contributed by atoms with E-state index in [1.807, 2.05) is 6.92 Å². The first-order valence-electron chi connectivity index (χ1n) is 6.32. The highest BCUT2D eigenvalue weighted by atomic mass is 16.5. The van der Waals surface area contributed by atoms with Crippen LogP contribution >= 0.6 is 0 Å². The minimum Gasteiger partial charge on any atom is -0.490 e. The molecular weight excluding hydrogens is 258 g/mol. The Balaban J connectivity index is 2.74. The Morgan fingerprint density at radius 1 is 1.30 bits per heavy atom. The van der Waals surface area contributed by atoms with Gasteiger partial charge in [-0.15, -0.1) is 0 Å². The molecule has 0 aromatic heterocycles. The Kier molecular flexibility index (Phi) is 6.29. The first kappa shape index (κ1) is 15.8. The average Bonchev–Trinajstić information content (AvgIpc) is 2.50. The number of likely N-dealkylation sites (N-methyl/N-ethyl adjacent to an activating group) is 1. The normalized spacial score (nSPS) is 9.70. The highest BCUT2D eigenvalue weighted by molar-refractivity contribution is 5.96. The van der Waals surface area contributed by atoms with E-state index in [1.165, 1.54) is 12.0 Å². The van der Waals surface area contributed by atoms with Gasteiger partial charge in [-0.25, -0.2) is 0 Å². The quantitative estimate of drug-likeness (QED) is 0.564. The summed E-state index contributed by atoms with van der Waals surface area (Å²) in [5.41, 5.74) is 0.502. The number of hydrogen-bond donors (Lipinski definition) is 0. The van der Waals surface area contributed by atoms with E-state index in [1.54, 1.807) is 30.3 Å². The van der Waals surface area contributed by atoms with Gasteiger partial charge in [-0.1, -0.05) is 12.7 Å². The molecule has 1 aromatic carbocycles. The first-order valence-corrected chi connectivity index (χ1v) is 6.32. The summed E-state index contributed by atoms with van der Waals surface area (Å²) in [4.78, 5) is 24.9. The Hall–Kier alpha value is -2.30. The lowest BCUT2D eigenvalue weighted by Crippen LogP contribution is -2.36. The van der Waals surface area contributed by atoms with Gasteiger partial charge in [0.25, 0.3) is 5.91 Å². The lowest BCUT2D eigenvalue weighted by molar-refractivity contribution is -0.141. The lowest BCUT2D eigenvalue weighted by Gasteiger charge is -2.19. The van der Waals surface area contributed by atoms with Gasteiger partial charge >= 0.3 is 5.97 Å². The first-order chi connectivity index (χ1) is 9.62. The fourth-order valence-corrected chi connectivity index (χ4v) is 1.58. The van der Waals surface area contributed by atoms with E-state index in [-0.39, 0.29) is 12.5 Å². The van der Waals surface area contributed by atoms with Crippen molar-refractivity contribution in [2.45, 2.75) is 6.92 Å². The second kappa shape index (κ2) is 7.99. The number of benzene rings is 1. The van der Waals surface area contributed by atoms with Gasteiger partial charge in [0.2, 0.25) is 0 Å². The molecule has 0 bridgehead atoms. The van der Waals surface area contributed by atoms with Crippen LogP contribution in [0.4, 0.5) is 0 Å². The predicted molar refractivity (Wildman–Crippen MR) is 75.7 cm³/mol. The van der Waals surface area contributed by atoms with E-state index in [0.29, 0.717) is 24.5 Å². The lowest BCUT2D eigenvalue weighted by atomic mass is 10.2. The topological polar surface area (TPSA) is 55.8 Å². The van der Waals surface area contributed by atoms with Crippen LogP contribution in [0, 0.1) is 0 Å². The van der Waals surface area contributed by atoms with E-state index in [0.717, 1.165) is 0 Å². The molecule has 0 atom stereocenters. The number of methoxy groups -OCH3 is 1. The molecule has 0 saturated heterocycles. The minimum absolute atomic E-state index is 0.0550. The molecule has 20 heavy (non-hydrogen) atoms. The third-order valence-corrected chi connectivity index (χ3v) is 2.69. The van der Waals surface area contributed by atoms with Crippen LogP contribution in [0.15, 0.2) is 36.9 Å². The summed E-state index contributed by atoms with van der Waals surface area (Å²) in [6.07, 6.45) is 1.65. The number of rotatable bonds is 7. The smallest absolute Gasteiger partial charge is 0.325 e. The fraction of sp³-hybridized carbons (Fsp3) is 0.333. The van der Waals surface area contributed by atoms with E-state index in [9.17, 15) is 9.59 Å². The molecule has 0 aliphatic rings. The monoisotopic (exact) mass is 277 g/mol. The maximum atomic E-state index is 12.2. The Bertz CT molecular complexity index is 467. The summed E-state index contributed by atoms with van der Waals surface area (Å²) >= 11 is 0. The second-order valence-electron chi connectivity index (χ2n) is 4.02. The molecular formula is C15H19NO4. The predicted octanol–water partition coefficient (Wildman–Crippen LogP) is 1.89. The van der Waals surface area contributed by atoms with Crippen LogP contribution in [0.5, 0.6) is 5.75 Å². The van der Waals surface area contributed by atoms with Crippen LogP contribution < -0.4 is 4.74 Å². The van der Waals surface area contributed by atoms with Gasteiger partial charge in [0.1, 0.15) is 18.9 Å². The zero-order valence-corrected chi connectivity index (χ0v) is 11.8. The Morgan fingerprint density at radius 2 is 1.95 bits per heavy atom. The molecule has 0 unspecified atom stereocenters. The molecule has 0 aliphatic carbocycles. The standard InChI is InChI=1S/C15H19NO4/c1-4-10-20-13-8-6-12(7-9-13)15(18)16(5-2)11-14(17)19-3/h4,6-9H,1,5,10-11H2,2-3H3. The average molecular weight is 277 g/mol. The van der Waals surface area contributed by atoms with Crippen molar-refractivity contribution in [3.05, 3.63) is 42.5 Å². The van der Waals surface area contributed by atoms with Gasteiger partial charge in [0, 0.05) is 12.1 Å². The summed E-state index contributed by atoms with van der Waals surface area (Å²) in [5, 5.41) is 0. The van der Waals surface area contributed by atoms with Crippen molar-refractivity contribution in [2.24, 2.45) is 0 Å². The largest absolute Gasteiger partial charge is 0.490 e. The van der Waals surface area contributed by atoms with Crippen molar-refractivity contribution in [1.82, 2.24) is 4.90 Å². The van der Waals surface area contributed by atoms with Crippen LogP contribution in [0.1, 0.15) is 17.3 Å². The molecule has 108 valence electrons. The van der Waals surface area contributed by atoms with Crippen molar-refractivity contribution in [2.75, 3.05) is 26.8 Å². The Labute approximate surface area is 118 Å². The Morgan fingerprint density at radius 3 is 2.45 bits per heavy atom. The zero-order valence-electron chi connectivity index (χ0n) is 11.8. The maximum Gasteiger partial charge on any atom is 0.325 e. The van der Waals surface area contributed by atoms with Crippen molar-refractivity contribution in [3.63, 3.8) is 0 Å². The number of carbonyl (C=O) groups is 2. The summed E-state index contributed by atoms with van der Waals surface area (Å²) in [5.74, 6) is 0.0109. The molecule has 0 spiro atoms. The van der Waals surface area contributed by atoms with Gasteiger partial charge in [-0.3, -0.25) is 9.59 Å². The van der Waals surface area contributed by atoms with Crippen molar-refractivity contribution in [1.29, 1.82) is 0 Å². The molecule has 0 aliphatic heterocycles. The van der Waals surface area contributed by atoms with Crippen LogP contribution in [-0.4, -0.2) is 43.6 Å². The van der Waals surface area contributed by atoms with Crippen LogP contribution in [-0.2, 0) is 9.53 Å². The van der Waals surface area contributed by atoms with E-state index in [2.05, 4.69) is 11.3 Å². The molecule has 0 heterocycles. The molecule has 5 nitrogen and oxygen atoms in total. The molecule has 1 amide bonds. The summed E-state index contributed by atoms with van der Waals surface area (Å²) in [7, 11) is 1.30. The molecule has 0 N–H and O–H groups in total.